The molecular weight excluding hydrogens is 292 g/mol. The first-order valence-electron chi connectivity index (χ1n) is 6.99. The van der Waals surface area contributed by atoms with E-state index in [0.717, 1.165) is 13.0 Å². The van der Waals surface area contributed by atoms with E-state index in [1.165, 1.54) is 0 Å². The summed E-state index contributed by atoms with van der Waals surface area (Å²) in [6, 6.07) is 4.91. The molecule has 0 bridgehead atoms. The van der Waals surface area contributed by atoms with E-state index in [0.29, 0.717) is 24.5 Å². The largest absolute Gasteiger partial charge is 0.497 e. The molecule has 1 aliphatic heterocycles. The summed E-state index contributed by atoms with van der Waals surface area (Å²) >= 11 is 0. The normalized spacial score (nSPS) is 20.0. The van der Waals surface area contributed by atoms with Gasteiger partial charge in [0.25, 0.3) is 0 Å². The summed E-state index contributed by atoms with van der Waals surface area (Å²) in [7, 11) is -1.99. The fourth-order valence-corrected chi connectivity index (χ4v) is 3.52. The maximum absolute atomic E-state index is 12.4. The zero-order valence-corrected chi connectivity index (χ0v) is 13.2. The average molecular weight is 314 g/mol. The number of aryl methyl sites for hydroxylation is 1. The van der Waals surface area contributed by atoms with Crippen LogP contribution in [0.5, 0.6) is 5.75 Å². The molecule has 2 rings (SSSR count). The third-order valence-electron chi connectivity index (χ3n) is 3.40. The number of hydrogen-bond acceptors (Lipinski definition) is 5. The zero-order valence-electron chi connectivity index (χ0n) is 12.4. The van der Waals surface area contributed by atoms with Crippen LogP contribution in [0, 0.1) is 6.92 Å². The number of hydrogen-bond donors (Lipinski definition) is 2. The maximum Gasteiger partial charge on any atom is 0.240 e. The molecule has 0 radical (unpaired) electrons. The van der Waals surface area contributed by atoms with Crippen LogP contribution in [0.3, 0.4) is 0 Å². The Labute approximate surface area is 125 Å². The molecule has 0 aromatic heterocycles. The molecule has 2 N–H and O–H groups in total. The number of methoxy groups -OCH3 is 1. The second-order valence-corrected chi connectivity index (χ2v) is 6.77. The molecule has 0 saturated carbocycles. The smallest absolute Gasteiger partial charge is 0.240 e. The summed E-state index contributed by atoms with van der Waals surface area (Å²) in [5.74, 6) is 0.641. The van der Waals surface area contributed by atoms with Crippen LogP contribution in [0.15, 0.2) is 23.1 Å². The quantitative estimate of drug-likeness (QED) is 0.835. The summed E-state index contributed by atoms with van der Waals surface area (Å²) in [6.07, 6.45) is 0.807. The first-order chi connectivity index (χ1) is 10.0. The van der Waals surface area contributed by atoms with Gasteiger partial charge in [-0.25, -0.2) is 13.1 Å². The molecule has 1 aromatic carbocycles. The molecular formula is C14H22N2O4S. The predicted molar refractivity (Wildman–Crippen MR) is 80.1 cm³/mol. The van der Waals surface area contributed by atoms with Gasteiger partial charge in [-0.3, -0.25) is 0 Å². The lowest BCUT2D eigenvalue weighted by Crippen LogP contribution is -2.38. The summed E-state index contributed by atoms with van der Waals surface area (Å²) < 4.78 is 38.0. The van der Waals surface area contributed by atoms with Gasteiger partial charge in [-0.15, -0.1) is 0 Å². The van der Waals surface area contributed by atoms with Gasteiger partial charge >= 0.3 is 0 Å². The van der Waals surface area contributed by atoms with Crippen LogP contribution in [-0.2, 0) is 14.8 Å². The highest BCUT2D eigenvalue weighted by molar-refractivity contribution is 7.89. The minimum Gasteiger partial charge on any atom is -0.497 e. The van der Waals surface area contributed by atoms with Gasteiger partial charge in [-0.05, 0) is 43.7 Å². The van der Waals surface area contributed by atoms with Crippen LogP contribution < -0.4 is 14.8 Å². The van der Waals surface area contributed by atoms with Crippen LogP contribution in [0.2, 0.25) is 0 Å². The summed E-state index contributed by atoms with van der Waals surface area (Å²) in [6.45, 7) is 4.23. The van der Waals surface area contributed by atoms with Crippen molar-refractivity contribution in [1.82, 2.24) is 10.0 Å². The van der Waals surface area contributed by atoms with Crippen LogP contribution in [-0.4, -0.2) is 47.9 Å². The van der Waals surface area contributed by atoms with E-state index in [1.807, 2.05) is 0 Å². The van der Waals surface area contributed by atoms with Crippen LogP contribution >= 0.6 is 0 Å². The van der Waals surface area contributed by atoms with Gasteiger partial charge in [0.1, 0.15) is 5.75 Å². The Morgan fingerprint density at radius 1 is 1.48 bits per heavy atom. The topological polar surface area (TPSA) is 76.7 Å². The second-order valence-electron chi connectivity index (χ2n) is 5.03. The van der Waals surface area contributed by atoms with E-state index >= 15 is 0 Å². The Balaban J connectivity index is 2.04. The van der Waals surface area contributed by atoms with Gasteiger partial charge in [0.15, 0.2) is 0 Å². The molecule has 21 heavy (non-hydrogen) atoms. The van der Waals surface area contributed by atoms with Crippen molar-refractivity contribution in [2.45, 2.75) is 24.3 Å². The molecule has 1 aromatic rings. The lowest BCUT2D eigenvalue weighted by molar-refractivity contribution is 0.0707. The molecule has 0 amide bonds. The van der Waals surface area contributed by atoms with Crippen LogP contribution in [0.1, 0.15) is 12.0 Å². The highest BCUT2D eigenvalue weighted by atomic mass is 32.2. The van der Waals surface area contributed by atoms with E-state index in [1.54, 1.807) is 32.2 Å². The fraction of sp³-hybridized carbons (Fsp3) is 0.571. The molecule has 1 fully saturated rings. The van der Waals surface area contributed by atoms with E-state index in [2.05, 4.69) is 10.0 Å². The number of sulfonamides is 1. The third-order valence-corrected chi connectivity index (χ3v) is 4.98. The van der Waals surface area contributed by atoms with Crippen molar-refractivity contribution in [2.24, 2.45) is 0 Å². The minimum absolute atomic E-state index is 0.138. The zero-order chi connectivity index (χ0) is 15.3. The molecule has 1 aliphatic rings. The van der Waals surface area contributed by atoms with Gasteiger partial charge in [-0.1, -0.05) is 0 Å². The molecule has 118 valence electrons. The first-order valence-corrected chi connectivity index (χ1v) is 8.48. The third kappa shape index (κ3) is 4.41. The molecule has 1 unspecified atom stereocenters. The first kappa shape index (κ1) is 16.2. The molecule has 0 aliphatic carbocycles. The maximum atomic E-state index is 12.4. The van der Waals surface area contributed by atoms with E-state index in [9.17, 15) is 8.42 Å². The lowest BCUT2D eigenvalue weighted by Gasteiger charge is -2.16. The molecule has 7 heteroatoms. The van der Waals surface area contributed by atoms with E-state index in [4.69, 9.17) is 9.47 Å². The van der Waals surface area contributed by atoms with Gasteiger partial charge in [0.2, 0.25) is 10.0 Å². The highest BCUT2D eigenvalue weighted by Crippen LogP contribution is 2.20. The molecule has 6 nitrogen and oxygen atoms in total. The van der Waals surface area contributed by atoms with Gasteiger partial charge < -0.3 is 14.8 Å². The Bertz CT molecular complexity index is 566. The Morgan fingerprint density at radius 2 is 2.29 bits per heavy atom. The Hall–Kier alpha value is -1.15. The summed E-state index contributed by atoms with van der Waals surface area (Å²) in [4.78, 5) is 0.268. The van der Waals surface area contributed by atoms with E-state index in [-0.39, 0.29) is 17.5 Å². The van der Waals surface area contributed by atoms with Crippen molar-refractivity contribution in [3.05, 3.63) is 23.8 Å². The molecule has 1 atom stereocenters. The number of rotatable bonds is 5. The molecule has 1 heterocycles. The van der Waals surface area contributed by atoms with Crippen molar-refractivity contribution in [2.75, 3.05) is 33.4 Å². The SMILES string of the molecule is COc1ccc(S(=O)(=O)NCC2CNCCCO2)c(C)c1. The second kappa shape index (κ2) is 7.22. The van der Waals surface area contributed by atoms with Crippen molar-refractivity contribution in [3.8, 4) is 5.75 Å². The van der Waals surface area contributed by atoms with Crippen LogP contribution in [0.4, 0.5) is 0 Å². The molecule has 1 saturated heterocycles. The number of nitrogens with one attached hydrogen (secondary N) is 2. The lowest BCUT2D eigenvalue weighted by atomic mass is 10.2. The minimum atomic E-state index is -3.54. The summed E-state index contributed by atoms with van der Waals surface area (Å²) in [5, 5.41) is 3.22. The van der Waals surface area contributed by atoms with Crippen LogP contribution in [0.25, 0.3) is 0 Å². The van der Waals surface area contributed by atoms with Gasteiger partial charge in [0, 0.05) is 19.7 Å². The van der Waals surface area contributed by atoms with Crippen molar-refractivity contribution in [1.29, 1.82) is 0 Å². The van der Waals surface area contributed by atoms with Crippen molar-refractivity contribution in [3.63, 3.8) is 0 Å². The Morgan fingerprint density at radius 3 is 3.00 bits per heavy atom. The fourth-order valence-electron chi connectivity index (χ4n) is 2.23. The predicted octanol–water partition coefficient (Wildman–Crippen LogP) is 0.660. The number of benzene rings is 1. The number of ether oxygens (including phenoxy) is 2. The summed E-state index contributed by atoms with van der Waals surface area (Å²) in [5.41, 5.74) is 0.654. The van der Waals surface area contributed by atoms with Gasteiger partial charge in [0.05, 0.1) is 18.1 Å². The monoisotopic (exact) mass is 314 g/mol. The average Bonchev–Trinajstić information content (AvgIpc) is 2.73. The van der Waals surface area contributed by atoms with E-state index < -0.39 is 10.0 Å². The van der Waals surface area contributed by atoms with Crippen molar-refractivity contribution >= 4 is 10.0 Å². The van der Waals surface area contributed by atoms with Crippen molar-refractivity contribution < 1.29 is 17.9 Å². The van der Waals surface area contributed by atoms with Gasteiger partial charge in [-0.2, -0.15) is 0 Å². The Kier molecular flexibility index (Phi) is 5.58. The standard InChI is InChI=1S/C14H22N2O4S/c1-11-8-12(19-2)4-5-14(11)21(17,18)16-10-13-9-15-6-3-7-20-13/h4-5,8,13,15-16H,3,6-7,9-10H2,1-2H3. The molecule has 0 spiro atoms. The highest BCUT2D eigenvalue weighted by Gasteiger charge is 2.20.